The minimum absolute atomic E-state index is 0.173. The first-order chi connectivity index (χ1) is 13.0. The van der Waals surface area contributed by atoms with Crippen LogP contribution in [0.1, 0.15) is 24.1 Å². The summed E-state index contributed by atoms with van der Waals surface area (Å²) in [6.07, 6.45) is 4.05. The van der Waals surface area contributed by atoms with Crippen molar-refractivity contribution in [3.63, 3.8) is 0 Å². The molecule has 3 heterocycles. The third-order valence-corrected chi connectivity index (χ3v) is 5.48. The molecule has 1 aromatic carbocycles. The van der Waals surface area contributed by atoms with Crippen LogP contribution in [0.3, 0.4) is 0 Å². The van der Waals surface area contributed by atoms with E-state index in [1.54, 1.807) is 18.3 Å². The molecule has 0 radical (unpaired) electrons. The maximum Gasteiger partial charge on any atom is 0.335 e. The van der Waals surface area contributed by atoms with Crippen molar-refractivity contribution in [2.45, 2.75) is 25.3 Å². The Labute approximate surface area is 165 Å². The van der Waals surface area contributed by atoms with Gasteiger partial charge in [0, 0.05) is 23.0 Å². The van der Waals surface area contributed by atoms with Gasteiger partial charge < -0.3 is 9.64 Å². The summed E-state index contributed by atoms with van der Waals surface area (Å²) < 4.78 is 21.4. The first-order valence-electron chi connectivity index (χ1n) is 8.69. The van der Waals surface area contributed by atoms with Gasteiger partial charge in [0.15, 0.2) is 10.8 Å². The summed E-state index contributed by atoms with van der Waals surface area (Å²) in [6, 6.07) is 5.10. The van der Waals surface area contributed by atoms with Crippen molar-refractivity contribution in [3.8, 4) is 6.01 Å². The third kappa shape index (κ3) is 3.72. The van der Waals surface area contributed by atoms with Crippen molar-refractivity contribution in [2.75, 3.05) is 20.2 Å². The molecule has 142 valence electrons. The highest BCUT2D eigenvalue weighted by molar-refractivity contribution is 6.32. The number of nitrogens with zero attached hydrogens (tertiary/aromatic N) is 5. The molecule has 1 aliphatic heterocycles. The lowest BCUT2D eigenvalue weighted by Crippen LogP contribution is -2.31. The molecule has 3 aromatic rings. The highest BCUT2D eigenvalue weighted by Gasteiger charge is 2.22. The molecule has 0 spiro atoms. The minimum atomic E-state index is -0.377. The normalized spacial score (nSPS) is 17.7. The van der Waals surface area contributed by atoms with E-state index >= 15 is 0 Å². The van der Waals surface area contributed by atoms with Gasteiger partial charge in [0.25, 0.3) is 0 Å². The van der Waals surface area contributed by atoms with E-state index in [4.69, 9.17) is 27.9 Å². The molecule has 9 heteroatoms. The molecule has 1 unspecified atom stereocenters. The summed E-state index contributed by atoms with van der Waals surface area (Å²) in [6.45, 7) is 1.55. The molecule has 2 aromatic heterocycles. The van der Waals surface area contributed by atoms with E-state index in [1.807, 2.05) is 0 Å². The van der Waals surface area contributed by atoms with Crippen molar-refractivity contribution in [2.24, 2.45) is 0 Å². The second-order valence-corrected chi connectivity index (χ2v) is 7.40. The summed E-state index contributed by atoms with van der Waals surface area (Å²) in [7, 11) is 2.07. The van der Waals surface area contributed by atoms with E-state index in [9.17, 15) is 4.39 Å². The van der Waals surface area contributed by atoms with Gasteiger partial charge in [-0.05, 0) is 38.6 Å². The van der Waals surface area contributed by atoms with Crippen LogP contribution in [0.4, 0.5) is 4.39 Å². The van der Waals surface area contributed by atoms with E-state index in [2.05, 4.69) is 27.0 Å². The number of hydrogen-bond acceptors (Lipinski definition) is 5. The van der Waals surface area contributed by atoms with Crippen LogP contribution in [0.5, 0.6) is 6.01 Å². The smallest absolute Gasteiger partial charge is 0.335 e. The molecule has 0 aliphatic carbocycles. The Hall–Kier alpha value is -1.96. The summed E-state index contributed by atoms with van der Waals surface area (Å²) >= 11 is 12.4. The number of rotatable bonds is 5. The molecule has 1 aliphatic rings. The van der Waals surface area contributed by atoms with Crippen LogP contribution in [0.25, 0.3) is 5.65 Å². The first kappa shape index (κ1) is 18.4. The van der Waals surface area contributed by atoms with Gasteiger partial charge in [0.2, 0.25) is 0 Å². The second kappa shape index (κ2) is 7.58. The van der Waals surface area contributed by atoms with Crippen LogP contribution >= 0.6 is 23.2 Å². The highest BCUT2D eigenvalue weighted by atomic mass is 35.5. The SMILES string of the molecule is CN1CCCC1COc1nc(Cl)c2ncc(Cc3c(F)cccc3Cl)n2n1. The average Bonchev–Trinajstić information content (AvgIpc) is 3.23. The van der Waals surface area contributed by atoms with Crippen molar-refractivity contribution in [1.82, 2.24) is 24.5 Å². The molecule has 0 bridgehead atoms. The minimum Gasteiger partial charge on any atom is -0.461 e. The van der Waals surface area contributed by atoms with E-state index in [1.165, 1.54) is 10.6 Å². The predicted molar refractivity (Wildman–Crippen MR) is 101 cm³/mol. The van der Waals surface area contributed by atoms with Crippen LogP contribution in [0, 0.1) is 5.82 Å². The van der Waals surface area contributed by atoms with Crippen LogP contribution < -0.4 is 4.74 Å². The number of hydrogen-bond donors (Lipinski definition) is 0. The maximum atomic E-state index is 14.1. The molecule has 0 saturated carbocycles. The molecule has 27 heavy (non-hydrogen) atoms. The molecular formula is C18H18Cl2FN5O. The lowest BCUT2D eigenvalue weighted by atomic mass is 10.1. The number of likely N-dealkylation sites (N-methyl/N-ethyl adjacent to an activating group) is 1. The number of halogens is 3. The van der Waals surface area contributed by atoms with Gasteiger partial charge in [0.05, 0.1) is 11.9 Å². The van der Waals surface area contributed by atoms with E-state index in [0.29, 0.717) is 34.6 Å². The van der Waals surface area contributed by atoms with Crippen molar-refractivity contribution in [1.29, 1.82) is 0 Å². The Morgan fingerprint density at radius 3 is 2.93 bits per heavy atom. The Morgan fingerprint density at radius 1 is 1.33 bits per heavy atom. The van der Waals surface area contributed by atoms with E-state index in [-0.39, 0.29) is 23.4 Å². The molecule has 0 N–H and O–H groups in total. The highest BCUT2D eigenvalue weighted by Crippen LogP contribution is 2.24. The van der Waals surface area contributed by atoms with Crippen molar-refractivity contribution >= 4 is 28.8 Å². The first-order valence-corrected chi connectivity index (χ1v) is 9.44. The maximum absolute atomic E-state index is 14.1. The number of imidazole rings is 1. The second-order valence-electron chi connectivity index (χ2n) is 6.63. The molecular weight excluding hydrogens is 392 g/mol. The zero-order valence-corrected chi connectivity index (χ0v) is 16.2. The zero-order valence-electron chi connectivity index (χ0n) is 14.7. The van der Waals surface area contributed by atoms with Crippen molar-refractivity contribution in [3.05, 3.63) is 51.6 Å². The van der Waals surface area contributed by atoms with E-state index in [0.717, 1.165) is 19.4 Å². The van der Waals surface area contributed by atoms with Gasteiger partial charge in [0.1, 0.15) is 12.4 Å². The fourth-order valence-electron chi connectivity index (χ4n) is 3.30. The summed E-state index contributed by atoms with van der Waals surface area (Å²) in [5.74, 6) is -0.377. The Bertz CT molecular complexity index is 960. The Morgan fingerprint density at radius 2 is 2.19 bits per heavy atom. The monoisotopic (exact) mass is 409 g/mol. The molecule has 4 rings (SSSR count). The Balaban J connectivity index is 1.62. The van der Waals surface area contributed by atoms with Gasteiger partial charge in [-0.1, -0.05) is 29.3 Å². The number of ether oxygens (including phenoxy) is 1. The topological polar surface area (TPSA) is 55.5 Å². The number of aromatic nitrogens is 4. The standard InChI is InChI=1S/C18H18Cl2FN5O/c1-25-7-3-4-11(25)10-27-18-23-16(20)17-22-9-12(26(17)24-18)8-13-14(19)5-2-6-15(13)21/h2,5-6,9,11H,3-4,7-8,10H2,1H3. The third-order valence-electron chi connectivity index (χ3n) is 4.87. The number of fused-ring (bicyclic) bond motifs is 1. The van der Waals surface area contributed by atoms with Gasteiger partial charge in [-0.3, -0.25) is 0 Å². The van der Waals surface area contributed by atoms with E-state index < -0.39 is 0 Å². The fourth-order valence-corrected chi connectivity index (χ4v) is 3.73. The molecule has 1 atom stereocenters. The van der Waals surface area contributed by atoms with Crippen LogP contribution in [0.15, 0.2) is 24.4 Å². The van der Waals surface area contributed by atoms with Crippen LogP contribution in [-0.2, 0) is 6.42 Å². The molecule has 1 saturated heterocycles. The number of benzene rings is 1. The largest absolute Gasteiger partial charge is 0.461 e. The van der Waals surface area contributed by atoms with Gasteiger partial charge in [-0.2, -0.15) is 4.98 Å². The summed E-state index contributed by atoms with van der Waals surface area (Å²) in [5, 5.41) is 4.93. The molecule has 6 nitrogen and oxygen atoms in total. The number of likely N-dealkylation sites (tertiary alicyclic amines) is 1. The Kier molecular flexibility index (Phi) is 5.16. The lowest BCUT2D eigenvalue weighted by molar-refractivity contribution is 0.185. The van der Waals surface area contributed by atoms with Crippen LogP contribution in [-0.4, -0.2) is 50.7 Å². The average molecular weight is 410 g/mol. The molecule has 1 fully saturated rings. The fraction of sp³-hybridized carbons (Fsp3) is 0.389. The van der Waals surface area contributed by atoms with Crippen LogP contribution in [0.2, 0.25) is 10.2 Å². The van der Waals surface area contributed by atoms with Gasteiger partial charge in [-0.25, -0.2) is 13.9 Å². The summed E-state index contributed by atoms with van der Waals surface area (Å²) in [4.78, 5) is 10.7. The zero-order chi connectivity index (χ0) is 19.0. The summed E-state index contributed by atoms with van der Waals surface area (Å²) in [5.41, 5.74) is 1.42. The van der Waals surface area contributed by atoms with Gasteiger partial charge in [-0.15, -0.1) is 5.10 Å². The lowest BCUT2D eigenvalue weighted by Gasteiger charge is -2.18. The quantitative estimate of drug-likeness (QED) is 0.643. The van der Waals surface area contributed by atoms with Crippen molar-refractivity contribution < 1.29 is 9.13 Å². The molecule has 0 amide bonds. The van der Waals surface area contributed by atoms with Gasteiger partial charge >= 0.3 is 6.01 Å². The predicted octanol–water partition coefficient (Wildman–Crippen LogP) is 3.63.